The number of carbonyl (C=O) groups excluding carboxylic acids is 1. The van der Waals surface area contributed by atoms with Crippen LogP contribution in [0.25, 0.3) is 10.8 Å². The van der Waals surface area contributed by atoms with Crippen molar-refractivity contribution in [3.63, 3.8) is 0 Å². The van der Waals surface area contributed by atoms with Crippen LogP contribution in [0.1, 0.15) is 18.4 Å². The molecule has 0 spiro atoms. The third-order valence-corrected chi connectivity index (χ3v) is 4.40. The molecule has 1 heterocycles. The normalized spacial score (nSPS) is 16.3. The second-order valence-corrected chi connectivity index (χ2v) is 5.81. The van der Waals surface area contributed by atoms with E-state index in [9.17, 15) is 4.79 Å². The average Bonchev–Trinajstić information content (AvgIpc) is 3.06. The quantitative estimate of drug-likeness (QED) is 0.937. The highest BCUT2D eigenvalue weighted by molar-refractivity contribution is 5.87. The van der Waals surface area contributed by atoms with Crippen molar-refractivity contribution in [3.8, 4) is 0 Å². The van der Waals surface area contributed by atoms with Gasteiger partial charge in [-0.05, 0) is 35.6 Å². The first-order valence-electron chi connectivity index (χ1n) is 7.75. The zero-order chi connectivity index (χ0) is 14.7. The maximum atomic E-state index is 12.6. The van der Waals surface area contributed by atoms with Crippen LogP contribution in [0.5, 0.6) is 0 Å². The van der Waals surface area contributed by atoms with Gasteiger partial charge in [-0.2, -0.15) is 0 Å². The van der Waals surface area contributed by atoms with E-state index in [4.69, 9.17) is 5.73 Å². The molecule has 1 aliphatic rings. The Bertz CT molecular complexity index is 627. The Kier molecular flexibility index (Phi) is 4.20. The number of hydrogen-bond donors (Lipinski definition) is 1. The monoisotopic (exact) mass is 282 g/mol. The molecule has 0 saturated carbocycles. The summed E-state index contributed by atoms with van der Waals surface area (Å²) in [6.45, 7) is 2.20. The number of fused-ring (bicyclic) bond motifs is 1. The Balaban J connectivity index is 1.83. The van der Waals surface area contributed by atoms with Gasteiger partial charge in [-0.25, -0.2) is 0 Å². The molecule has 1 fully saturated rings. The van der Waals surface area contributed by atoms with Crippen LogP contribution in [-0.4, -0.2) is 30.4 Å². The summed E-state index contributed by atoms with van der Waals surface area (Å²) in [6.07, 6.45) is 2.97. The molecule has 21 heavy (non-hydrogen) atoms. The summed E-state index contributed by atoms with van der Waals surface area (Å²) in [5.41, 5.74) is 7.10. The molecular weight excluding hydrogens is 260 g/mol. The number of nitrogens with zero attached hydrogens (tertiary/aromatic N) is 1. The van der Waals surface area contributed by atoms with Gasteiger partial charge >= 0.3 is 0 Å². The molecule has 0 aliphatic carbocycles. The van der Waals surface area contributed by atoms with Gasteiger partial charge in [0.2, 0.25) is 5.91 Å². The second kappa shape index (κ2) is 6.27. The van der Waals surface area contributed by atoms with Crippen molar-refractivity contribution in [3.05, 3.63) is 48.0 Å². The minimum Gasteiger partial charge on any atom is -0.342 e. The SMILES string of the molecule is NCC(Cc1cccc2ccccc12)C(=O)N1CCCC1. The highest BCUT2D eigenvalue weighted by atomic mass is 16.2. The molecule has 1 amide bonds. The van der Waals surface area contributed by atoms with Crippen LogP contribution in [0.4, 0.5) is 0 Å². The first-order chi connectivity index (χ1) is 10.3. The van der Waals surface area contributed by atoms with Crippen LogP contribution < -0.4 is 5.73 Å². The molecule has 3 rings (SSSR count). The summed E-state index contributed by atoms with van der Waals surface area (Å²) < 4.78 is 0. The minimum atomic E-state index is -0.103. The summed E-state index contributed by atoms with van der Waals surface area (Å²) >= 11 is 0. The Morgan fingerprint density at radius 1 is 1.10 bits per heavy atom. The molecule has 0 aromatic heterocycles. The lowest BCUT2D eigenvalue weighted by Gasteiger charge is -2.22. The van der Waals surface area contributed by atoms with Crippen molar-refractivity contribution >= 4 is 16.7 Å². The summed E-state index contributed by atoms with van der Waals surface area (Å²) in [6, 6.07) is 14.6. The van der Waals surface area contributed by atoms with Gasteiger partial charge in [-0.1, -0.05) is 42.5 Å². The predicted molar refractivity (Wildman–Crippen MR) is 86.0 cm³/mol. The van der Waals surface area contributed by atoms with Crippen molar-refractivity contribution in [1.29, 1.82) is 0 Å². The third-order valence-electron chi connectivity index (χ3n) is 4.40. The van der Waals surface area contributed by atoms with Crippen molar-refractivity contribution in [2.45, 2.75) is 19.3 Å². The number of carbonyl (C=O) groups is 1. The van der Waals surface area contributed by atoms with Gasteiger partial charge in [0.05, 0.1) is 5.92 Å². The average molecular weight is 282 g/mol. The Morgan fingerprint density at radius 3 is 2.57 bits per heavy atom. The van der Waals surface area contributed by atoms with Gasteiger partial charge in [0, 0.05) is 19.6 Å². The van der Waals surface area contributed by atoms with Crippen molar-refractivity contribution in [1.82, 2.24) is 4.90 Å². The molecule has 1 atom stereocenters. The Morgan fingerprint density at radius 2 is 1.81 bits per heavy atom. The molecule has 1 aliphatic heterocycles. The number of rotatable bonds is 4. The van der Waals surface area contributed by atoms with Crippen molar-refractivity contribution in [2.75, 3.05) is 19.6 Å². The van der Waals surface area contributed by atoms with Gasteiger partial charge in [0.15, 0.2) is 0 Å². The lowest BCUT2D eigenvalue weighted by Crippen LogP contribution is -2.38. The maximum absolute atomic E-state index is 12.6. The van der Waals surface area contributed by atoms with E-state index in [1.54, 1.807) is 0 Å². The minimum absolute atomic E-state index is 0.103. The molecule has 2 aromatic rings. The number of amides is 1. The highest BCUT2D eigenvalue weighted by Gasteiger charge is 2.25. The Labute approximate surface area is 125 Å². The smallest absolute Gasteiger partial charge is 0.227 e. The first-order valence-corrected chi connectivity index (χ1v) is 7.75. The zero-order valence-corrected chi connectivity index (χ0v) is 12.3. The van der Waals surface area contributed by atoms with E-state index in [1.807, 2.05) is 17.0 Å². The van der Waals surface area contributed by atoms with Gasteiger partial charge < -0.3 is 10.6 Å². The fraction of sp³-hybridized carbons (Fsp3) is 0.389. The summed E-state index contributed by atoms with van der Waals surface area (Å²) in [7, 11) is 0. The van der Waals surface area contributed by atoms with Crippen molar-refractivity contribution in [2.24, 2.45) is 11.7 Å². The second-order valence-electron chi connectivity index (χ2n) is 5.81. The van der Waals surface area contributed by atoms with Gasteiger partial charge in [-0.15, -0.1) is 0 Å². The van der Waals surface area contributed by atoms with Crippen LogP contribution in [0.15, 0.2) is 42.5 Å². The number of nitrogens with two attached hydrogens (primary N) is 1. The summed E-state index contributed by atoms with van der Waals surface area (Å²) in [5.74, 6) is 0.122. The van der Waals surface area contributed by atoms with Crippen LogP contribution in [0.2, 0.25) is 0 Å². The Hall–Kier alpha value is -1.87. The fourth-order valence-corrected chi connectivity index (χ4v) is 3.20. The predicted octanol–water partition coefficient (Wildman–Crippen LogP) is 2.58. The molecule has 1 saturated heterocycles. The van der Waals surface area contributed by atoms with Crippen LogP contribution in [-0.2, 0) is 11.2 Å². The van der Waals surface area contributed by atoms with Crippen LogP contribution in [0.3, 0.4) is 0 Å². The molecule has 3 nitrogen and oxygen atoms in total. The van der Waals surface area contributed by atoms with E-state index >= 15 is 0 Å². The zero-order valence-electron chi connectivity index (χ0n) is 12.3. The van der Waals surface area contributed by atoms with E-state index < -0.39 is 0 Å². The lowest BCUT2D eigenvalue weighted by atomic mass is 9.94. The summed E-state index contributed by atoms with van der Waals surface area (Å²) in [4.78, 5) is 14.5. The van der Waals surface area contributed by atoms with Crippen LogP contribution in [0, 0.1) is 5.92 Å². The topological polar surface area (TPSA) is 46.3 Å². The number of hydrogen-bond acceptors (Lipinski definition) is 2. The van der Waals surface area contributed by atoms with Gasteiger partial charge in [0.1, 0.15) is 0 Å². The number of benzene rings is 2. The molecule has 1 unspecified atom stereocenters. The highest BCUT2D eigenvalue weighted by Crippen LogP contribution is 2.22. The largest absolute Gasteiger partial charge is 0.342 e. The molecule has 0 bridgehead atoms. The van der Waals surface area contributed by atoms with Gasteiger partial charge in [-0.3, -0.25) is 4.79 Å². The van der Waals surface area contributed by atoms with E-state index in [2.05, 4.69) is 30.3 Å². The molecule has 2 aromatic carbocycles. The fourth-order valence-electron chi connectivity index (χ4n) is 3.20. The molecule has 110 valence electrons. The van der Waals surface area contributed by atoms with Crippen molar-refractivity contribution < 1.29 is 4.79 Å². The van der Waals surface area contributed by atoms with E-state index in [0.29, 0.717) is 6.54 Å². The van der Waals surface area contributed by atoms with E-state index in [-0.39, 0.29) is 11.8 Å². The molecule has 2 N–H and O–H groups in total. The maximum Gasteiger partial charge on any atom is 0.227 e. The molecule has 0 radical (unpaired) electrons. The van der Waals surface area contributed by atoms with Gasteiger partial charge in [0.25, 0.3) is 0 Å². The first kappa shape index (κ1) is 14.1. The van der Waals surface area contributed by atoms with Crippen LogP contribution >= 0.6 is 0 Å². The van der Waals surface area contributed by atoms with E-state index in [1.165, 1.54) is 16.3 Å². The third kappa shape index (κ3) is 2.93. The lowest BCUT2D eigenvalue weighted by molar-refractivity contribution is -0.134. The standard InChI is InChI=1S/C18H22N2O/c19-13-16(18(21)20-10-3-4-11-20)12-15-8-5-7-14-6-1-2-9-17(14)15/h1-2,5-9,16H,3-4,10-13,19H2. The summed E-state index contributed by atoms with van der Waals surface area (Å²) in [5, 5.41) is 2.45. The number of likely N-dealkylation sites (tertiary alicyclic amines) is 1. The molecule has 3 heteroatoms. The molecular formula is C18H22N2O. The van der Waals surface area contributed by atoms with E-state index in [0.717, 1.165) is 32.4 Å².